The quantitative estimate of drug-likeness (QED) is 0.876. The second kappa shape index (κ2) is 8.09. The van der Waals surface area contributed by atoms with Crippen LogP contribution in [0, 0.1) is 5.82 Å². The second-order valence-corrected chi connectivity index (χ2v) is 4.31. The highest BCUT2D eigenvalue weighted by molar-refractivity contribution is 5.85. The van der Waals surface area contributed by atoms with Crippen LogP contribution in [0.1, 0.15) is 12.0 Å². The van der Waals surface area contributed by atoms with E-state index in [-0.39, 0.29) is 30.2 Å². The van der Waals surface area contributed by atoms with Crippen molar-refractivity contribution in [2.24, 2.45) is 0 Å². The number of benzene rings is 1. The maximum Gasteiger partial charge on any atom is 0.222 e. The van der Waals surface area contributed by atoms with Crippen molar-refractivity contribution in [3.8, 4) is 0 Å². The predicted molar refractivity (Wildman–Crippen MR) is 72.7 cm³/mol. The molecule has 0 saturated carbocycles. The first-order chi connectivity index (χ1) is 8.74. The molecule has 0 bridgehead atoms. The second-order valence-electron chi connectivity index (χ2n) is 4.31. The lowest BCUT2D eigenvalue weighted by Gasteiger charge is -2.23. The van der Waals surface area contributed by atoms with Gasteiger partial charge in [0.25, 0.3) is 0 Å². The van der Waals surface area contributed by atoms with Gasteiger partial charge in [0.1, 0.15) is 5.82 Å². The first kappa shape index (κ1) is 15.9. The van der Waals surface area contributed by atoms with E-state index in [9.17, 15) is 9.18 Å². The van der Waals surface area contributed by atoms with Crippen molar-refractivity contribution >= 4 is 18.3 Å². The van der Waals surface area contributed by atoms with E-state index in [2.05, 4.69) is 10.6 Å². The van der Waals surface area contributed by atoms with Crippen LogP contribution in [0.2, 0.25) is 0 Å². The third-order valence-corrected chi connectivity index (χ3v) is 2.80. The molecule has 1 heterocycles. The van der Waals surface area contributed by atoms with Gasteiger partial charge in [-0.1, -0.05) is 12.1 Å². The van der Waals surface area contributed by atoms with Gasteiger partial charge in [-0.05, 0) is 17.7 Å². The molecule has 1 amide bonds. The van der Waals surface area contributed by atoms with Crippen molar-refractivity contribution in [2.75, 3.05) is 19.7 Å². The van der Waals surface area contributed by atoms with Crippen LogP contribution in [0.5, 0.6) is 0 Å². The molecule has 0 aliphatic carbocycles. The number of nitrogens with one attached hydrogen (secondary N) is 2. The first-order valence-corrected chi connectivity index (χ1v) is 6.07. The van der Waals surface area contributed by atoms with E-state index in [4.69, 9.17) is 4.74 Å². The van der Waals surface area contributed by atoms with Crippen molar-refractivity contribution < 1.29 is 13.9 Å². The van der Waals surface area contributed by atoms with Crippen molar-refractivity contribution in [2.45, 2.75) is 19.1 Å². The van der Waals surface area contributed by atoms with Crippen LogP contribution in [0.3, 0.4) is 0 Å². The number of halogens is 2. The van der Waals surface area contributed by atoms with Crippen LogP contribution in [-0.2, 0) is 16.1 Å². The highest BCUT2D eigenvalue weighted by atomic mass is 35.5. The summed E-state index contributed by atoms with van der Waals surface area (Å²) >= 11 is 0. The predicted octanol–water partition coefficient (Wildman–Crippen LogP) is 1.24. The Balaban J connectivity index is 0.00000180. The molecule has 2 rings (SSSR count). The zero-order chi connectivity index (χ0) is 12.8. The van der Waals surface area contributed by atoms with Crippen molar-refractivity contribution in [3.05, 3.63) is 35.6 Å². The van der Waals surface area contributed by atoms with Gasteiger partial charge >= 0.3 is 0 Å². The fourth-order valence-corrected chi connectivity index (χ4v) is 1.88. The maximum atomic E-state index is 12.9. The molecule has 1 aromatic carbocycles. The van der Waals surface area contributed by atoms with E-state index in [0.29, 0.717) is 26.1 Å². The molecule has 1 saturated heterocycles. The molecule has 0 radical (unpaired) electrons. The topological polar surface area (TPSA) is 50.4 Å². The summed E-state index contributed by atoms with van der Waals surface area (Å²) in [6, 6.07) is 6.21. The summed E-state index contributed by atoms with van der Waals surface area (Å²) in [5.41, 5.74) is 0.756. The van der Waals surface area contributed by atoms with Crippen molar-refractivity contribution in [1.82, 2.24) is 10.6 Å². The van der Waals surface area contributed by atoms with E-state index < -0.39 is 0 Å². The van der Waals surface area contributed by atoms with Gasteiger partial charge in [0, 0.05) is 19.6 Å². The highest BCUT2D eigenvalue weighted by Crippen LogP contribution is 2.04. The summed E-state index contributed by atoms with van der Waals surface area (Å²) < 4.78 is 18.4. The lowest BCUT2D eigenvalue weighted by atomic mass is 10.2. The number of carbonyl (C=O) groups is 1. The van der Waals surface area contributed by atoms with Crippen LogP contribution < -0.4 is 10.6 Å². The molecular formula is C13H18ClFN2O2. The lowest BCUT2D eigenvalue weighted by molar-refractivity contribution is -0.124. The molecule has 1 fully saturated rings. The van der Waals surface area contributed by atoms with E-state index in [0.717, 1.165) is 12.1 Å². The van der Waals surface area contributed by atoms with Gasteiger partial charge in [0.05, 0.1) is 19.1 Å². The Morgan fingerprint density at radius 1 is 1.53 bits per heavy atom. The molecule has 1 aromatic rings. The Morgan fingerprint density at radius 2 is 2.37 bits per heavy atom. The van der Waals surface area contributed by atoms with E-state index >= 15 is 0 Å². The lowest BCUT2D eigenvalue weighted by Crippen LogP contribution is -2.41. The zero-order valence-electron chi connectivity index (χ0n) is 10.5. The number of carbonyl (C=O) groups excluding carboxylic acids is 1. The minimum atomic E-state index is -0.290. The Kier molecular flexibility index (Phi) is 6.77. The molecule has 0 spiro atoms. The number of hydrogen-bond acceptors (Lipinski definition) is 3. The fourth-order valence-electron chi connectivity index (χ4n) is 1.88. The summed E-state index contributed by atoms with van der Waals surface area (Å²) in [7, 11) is 0. The minimum absolute atomic E-state index is 0. The standard InChI is InChI=1S/C13H17FN2O2.ClH/c14-11-3-1-2-10(6-11)8-16-13(17)7-12-9-15-4-5-18-12;/h1-3,6,12,15H,4-5,7-9H2,(H,16,17);1H. The van der Waals surface area contributed by atoms with Crippen LogP contribution in [0.25, 0.3) is 0 Å². The Labute approximate surface area is 118 Å². The minimum Gasteiger partial charge on any atom is -0.375 e. The Bertz CT molecular complexity index is 411. The molecule has 2 N–H and O–H groups in total. The van der Waals surface area contributed by atoms with Gasteiger partial charge < -0.3 is 15.4 Å². The van der Waals surface area contributed by atoms with Gasteiger partial charge in [-0.25, -0.2) is 4.39 Å². The molecule has 1 atom stereocenters. The third-order valence-electron chi connectivity index (χ3n) is 2.80. The zero-order valence-corrected chi connectivity index (χ0v) is 11.3. The molecule has 106 valence electrons. The molecule has 0 aromatic heterocycles. The van der Waals surface area contributed by atoms with Gasteiger partial charge in [0.15, 0.2) is 0 Å². The van der Waals surface area contributed by atoms with Gasteiger partial charge in [0.2, 0.25) is 5.91 Å². The van der Waals surface area contributed by atoms with E-state index in [1.165, 1.54) is 12.1 Å². The monoisotopic (exact) mass is 288 g/mol. The SMILES string of the molecule is Cl.O=C(CC1CNCCO1)NCc1cccc(F)c1. The molecule has 19 heavy (non-hydrogen) atoms. The number of hydrogen-bond donors (Lipinski definition) is 2. The average molecular weight is 289 g/mol. The number of ether oxygens (including phenoxy) is 1. The fraction of sp³-hybridized carbons (Fsp3) is 0.462. The smallest absolute Gasteiger partial charge is 0.222 e. The molecular weight excluding hydrogens is 271 g/mol. The maximum absolute atomic E-state index is 12.9. The van der Waals surface area contributed by atoms with Crippen molar-refractivity contribution in [1.29, 1.82) is 0 Å². The van der Waals surface area contributed by atoms with Crippen molar-refractivity contribution in [3.63, 3.8) is 0 Å². The third kappa shape index (κ3) is 5.55. The van der Waals surface area contributed by atoms with E-state index in [1.807, 2.05) is 0 Å². The molecule has 1 aliphatic heterocycles. The van der Waals surface area contributed by atoms with Crippen LogP contribution >= 0.6 is 12.4 Å². The molecule has 1 aliphatic rings. The number of amides is 1. The Hall–Kier alpha value is -1.17. The van der Waals surface area contributed by atoms with Gasteiger partial charge in [-0.3, -0.25) is 4.79 Å². The highest BCUT2D eigenvalue weighted by Gasteiger charge is 2.16. The average Bonchev–Trinajstić information content (AvgIpc) is 2.38. The summed E-state index contributed by atoms with van der Waals surface area (Å²) in [6.45, 7) is 2.52. The van der Waals surface area contributed by atoms with E-state index in [1.54, 1.807) is 12.1 Å². The number of morpholine rings is 1. The van der Waals surface area contributed by atoms with Crippen LogP contribution in [0.15, 0.2) is 24.3 Å². The summed E-state index contributed by atoms with van der Waals surface area (Å²) in [6.07, 6.45) is 0.272. The summed E-state index contributed by atoms with van der Waals surface area (Å²) in [4.78, 5) is 11.7. The van der Waals surface area contributed by atoms with Crippen LogP contribution in [-0.4, -0.2) is 31.7 Å². The number of rotatable bonds is 4. The summed E-state index contributed by atoms with van der Waals surface area (Å²) in [5, 5.41) is 5.93. The summed E-state index contributed by atoms with van der Waals surface area (Å²) in [5.74, 6) is -0.366. The molecule has 6 heteroatoms. The van der Waals surface area contributed by atoms with Gasteiger partial charge in [-0.15, -0.1) is 12.4 Å². The van der Waals surface area contributed by atoms with Gasteiger partial charge in [-0.2, -0.15) is 0 Å². The Morgan fingerprint density at radius 3 is 3.05 bits per heavy atom. The molecule has 4 nitrogen and oxygen atoms in total. The first-order valence-electron chi connectivity index (χ1n) is 6.07. The normalized spacial score (nSPS) is 18.5. The van der Waals surface area contributed by atoms with Crippen LogP contribution in [0.4, 0.5) is 4.39 Å². The molecule has 1 unspecified atom stereocenters. The largest absolute Gasteiger partial charge is 0.375 e.